The summed E-state index contributed by atoms with van der Waals surface area (Å²) in [6.07, 6.45) is 4.90. The SMILES string of the molecule is CCCC[C@H]1CC[C@H](c2ccc(OCc3ccc(C(F)(F)F)cc3)cc2)CC1. The lowest BCUT2D eigenvalue weighted by Gasteiger charge is -2.28. The molecule has 0 N–H and O–H groups in total. The van der Waals surface area contributed by atoms with E-state index in [0.29, 0.717) is 5.92 Å². The number of rotatable bonds is 7. The summed E-state index contributed by atoms with van der Waals surface area (Å²) >= 11 is 0. The standard InChI is InChI=1S/C24H29F3O/c1-2-3-4-18-5-9-20(10-6-18)21-11-15-23(16-12-21)28-17-19-7-13-22(14-8-19)24(25,26)27/h7-8,11-16,18,20H,2-6,9-10,17H2,1H3/t18-,20-. The lowest BCUT2D eigenvalue weighted by atomic mass is 9.77. The number of alkyl halides is 3. The smallest absolute Gasteiger partial charge is 0.416 e. The molecule has 0 heterocycles. The van der Waals surface area contributed by atoms with Crippen LogP contribution < -0.4 is 4.74 Å². The molecular weight excluding hydrogens is 361 g/mol. The van der Waals surface area contributed by atoms with Crippen molar-refractivity contribution in [2.75, 3.05) is 0 Å². The molecular formula is C24H29F3O. The van der Waals surface area contributed by atoms with E-state index in [0.717, 1.165) is 29.4 Å². The van der Waals surface area contributed by atoms with Gasteiger partial charge in [0.15, 0.2) is 0 Å². The van der Waals surface area contributed by atoms with Crippen LogP contribution in [0.25, 0.3) is 0 Å². The topological polar surface area (TPSA) is 9.23 Å². The fourth-order valence-corrected chi connectivity index (χ4v) is 4.07. The maximum Gasteiger partial charge on any atom is 0.416 e. The zero-order valence-electron chi connectivity index (χ0n) is 16.5. The number of unbranched alkanes of at least 4 members (excludes halogenated alkanes) is 1. The van der Waals surface area contributed by atoms with E-state index in [1.807, 2.05) is 12.1 Å². The number of halogens is 3. The van der Waals surface area contributed by atoms with E-state index in [1.165, 1.54) is 62.6 Å². The van der Waals surface area contributed by atoms with Crippen LogP contribution in [0.5, 0.6) is 5.75 Å². The van der Waals surface area contributed by atoms with Gasteiger partial charge in [-0.1, -0.05) is 50.5 Å². The molecule has 1 aliphatic rings. The quantitative estimate of drug-likeness (QED) is 0.469. The van der Waals surface area contributed by atoms with Gasteiger partial charge in [0.25, 0.3) is 0 Å². The molecule has 0 amide bonds. The molecule has 2 aromatic carbocycles. The molecule has 4 heteroatoms. The minimum absolute atomic E-state index is 0.264. The molecule has 0 unspecified atom stereocenters. The van der Waals surface area contributed by atoms with Gasteiger partial charge in [-0.25, -0.2) is 0 Å². The summed E-state index contributed by atoms with van der Waals surface area (Å²) in [5, 5.41) is 0. The average molecular weight is 390 g/mol. The molecule has 1 fully saturated rings. The Bertz CT molecular complexity index is 711. The van der Waals surface area contributed by atoms with Crippen LogP contribution in [-0.4, -0.2) is 0 Å². The average Bonchev–Trinajstić information content (AvgIpc) is 2.71. The Morgan fingerprint density at radius 2 is 1.54 bits per heavy atom. The van der Waals surface area contributed by atoms with Crippen LogP contribution >= 0.6 is 0 Å². The first-order valence-corrected chi connectivity index (χ1v) is 10.3. The minimum atomic E-state index is -4.30. The number of benzene rings is 2. The summed E-state index contributed by atoms with van der Waals surface area (Å²) in [5.41, 5.74) is 1.46. The van der Waals surface area contributed by atoms with Gasteiger partial charge in [0, 0.05) is 0 Å². The maximum absolute atomic E-state index is 12.6. The Labute approximate surface area is 165 Å². The highest BCUT2D eigenvalue weighted by molar-refractivity contribution is 5.30. The third-order valence-corrected chi connectivity index (χ3v) is 5.85. The Morgan fingerprint density at radius 1 is 0.893 bits per heavy atom. The highest BCUT2D eigenvalue weighted by Crippen LogP contribution is 2.38. The highest BCUT2D eigenvalue weighted by atomic mass is 19.4. The highest BCUT2D eigenvalue weighted by Gasteiger charge is 2.29. The van der Waals surface area contributed by atoms with E-state index < -0.39 is 11.7 Å². The van der Waals surface area contributed by atoms with E-state index in [2.05, 4.69) is 19.1 Å². The van der Waals surface area contributed by atoms with Gasteiger partial charge in [-0.3, -0.25) is 0 Å². The Morgan fingerprint density at radius 3 is 2.11 bits per heavy atom. The monoisotopic (exact) mass is 390 g/mol. The van der Waals surface area contributed by atoms with E-state index in [9.17, 15) is 13.2 Å². The summed E-state index contributed by atoms with van der Waals surface area (Å²) in [5.74, 6) is 2.30. The van der Waals surface area contributed by atoms with E-state index >= 15 is 0 Å². The molecule has 0 aliphatic heterocycles. The molecule has 1 saturated carbocycles. The molecule has 2 aromatic rings. The van der Waals surface area contributed by atoms with Crippen LogP contribution in [0.15, 0.2) is 48.5 Å². The summed E-state index contributed by atoms with van der Waals surface area (Å²) in [6.45, 7) is 2.52. The van der Waals surface area contributed by atoms with Crippen molar-refractivity contribution in [3.63, 3.8) is 0 Å². The first-order valence-electron chi connectivity index (χ1n) is 10.3. The van der Waals surface area contributed by atoms with Gasteiger partial charge in [0.2, 0.25) is 0 Å². The fourth-order valence-electron chi connectivity index (χ4n) is 4.07. The molecule has 3 rings (SSSR count). The molecule has 0 atom stereocenters. The van der Waals surface area contributed by atoms with Crippen LogP contribution in [0.4, 0.5) is 13.2 Å². The maximum atomic E-state index is 12.6. The lowest BCUT2D eigenvalue weighted by molar-refractivity contribution is -0.137. The predicted octanol–water partition coefficient (Wildman–Crippen LogP) is 7.75. The van der Waals surface area contributed by atoms with Crippen LogP contribution in [-0.2, 0) is 12.8 Å². The Kier molecular flexibility index (Phi) is 7.03. The summed E-state index contributed by atoms with van der Waals surface area (Å²) in [6, 6.07) is 13.4. The van der Waals surface area contributed by atoms with Gasteiger partial charge < -0.3 is 4.74 Å². The third-order valence-electron chi connectivity index (χ3n) is 5.85. The van der Waals surface area contributed by atoms with Crippen molar-refractivity contribution in [1.82, 2.24) is 0 Å². The second-order valence-corrected chi connectivity index (χ2v) is 7.91. The Hall–Kier alpha value is -1.97. The van der Waals surface area contributed by atoms with Crippen molar-refractivity contribution < 1.29 is 17.9 Å². The first-order chi connectivity index (χ1) is 13.5. The van der Waals surface area contributed by atoms with E-state index in [4.69, 9.17) is 4.74 Å². The summed E-state index contributed by atoms with van der Waals surface area (Å²) < 4.78 is 43.6. The zero-order chi connectivity index (χ0) is 20.0. The minimum Gasteiger partial charge on any atom is -0.489 e. The van der Waals surface area contributed by atoms with Crippen LogP contribution in [0.1, 0.15) is 74.5 Å². The second kappa shape index (κ2) is 9.49. The molecule has 1 nitrogen and oxygen atoms in total. The third kappa shape index (κ3) is 5.76. The van der Waals surface area contributed by atoms with Crippen molar-refractivity contribution in [2.45, 2.75) is 70.6 Å². The predicted molar refractivity (Wildman–Crippen MR) is 106 cm³/mol. The normalized spacial score (nSPS) is 20.1. The number of ether oxygens (including phenoxy) is 1. The van der Waals surface area contributed by atoms with E-state index in [1.54, 1.807) is 0 Å². The van der Waals surface area contributed by atoms with Gasteiger partial charge in [0.1, 0.15) is 12.4 Å². The van der Waals surface area contributed by atoms with Gasteiger partial charge >= 0.3 is 6.18 Å². The van der Waals surface area contributed by atoms with Crippen molar-refractivity contribution in [1.29, 1.82) is 0 Å². The molecule has 0 saturated heterocycles. The van der Waals surface area contributed by atoms with Crippen LogP contribution in [0.2, 0.25) is 0 Å². The summed E-state index contributed by atoms with van der Waals surface area (Å²) in [4.78, 5) is 0. The number of hydrogen-bond acceptors (Lipinski definition) is 1. The number of hydrogen-bond donors (Lipinski definition) is 0. The van der Waals surface area contributed by atoms with Crippen LogP contribution in [0.3, 0.4) is 0 Å². The largest absolute Gasteiger partial charge is 0.489 e. The molecule has 0 bridgehead atoms. The molecule has 28 heavy (non-hydrogen) atoms. The first kappa shape index (κ1) is 20.8. The molecule has 1 aliphatic carbocycles. The van der Waals surface area contributed by atoms with Gasteiger partial charge in [0.05, 0.1) is 5.56 Å². The molecule has 0 radical (unpaired) electrons. The van der Waals surface area contributed by atoms with Crippen molar-refractivity contribution >= 4 is 0 Å². The van der Waals surface area contributed by atoms with Crippen molar-refractivity contribution in [3.8, 4) is 5.75 Å². The van der Waals surface area contributed by atoms with Crippen molar-refractivity contribution in [3.05, 3.63) is 65.2 Å². The fraction of sp³-hybridized carbons (Fsp3) is 0.500. The Balaban J connectivity index is 1.48. The molecule has 0 aromatic heterocycles. The molecule has 152 valence electrons. The van der Waals surface area contributed by atoms with Crippen LogP contribution in [0, 0.1) is 5.92 Å². The van der Waals surface area contributed by atoms with E-state index in [-0.39, 0.29) is 6.61 Å². The second-order valence-electron chi connectivity index (χ2n) is 7.91. The lowest BCUT2D eigenvalue weighted by Crippen LogP contribution is -2.13. The van der Waals surface area contributed by atoms with Crippen molar-refractivity contribution in [2.24, 2.45) is 5.92 Å². The zero-order valence-corrected chi connectivity index (χ0v) is 16.5. The van der Waals surface area contributed by atoms with Gasteiger partial charge in [-0.05, 0) is 72.9 Å². The van der Waals surface area contributed by atoms with Gasteiger partial charge in [-0.2, -0.15) is 13.2 Å². The molecule has 0 spiro atoms. The summed E-state index contributed by atoms with van der Waals surface area (Å²) in [7, 11) is 0. The van der Waals surface area contributed by atoms with Gasteiger partial charge in [-0.15, -0.1) is 0 Å².